The Kier molecular flexibility index (Phi) is 10.9. The van der Waals surface area contributed by atoms with Gasteiger partial charge in [-0.15, -0.1) is 0 Å². The van der Waals surface area contributed by atoms with Gasteiger partial charge in [-0.05, 0) is 68.4 Å². The van der Waals surface area contributed by atoms with E-state index in [2.05, 4.69) is 6.92 Å². The van der Waals surface area contributed by atoms with Crippen LogP contribution in [0, 0.1) is 29.5 Å². The summed E-state index contributed by atoms with van der Waals surface area (Å²) in [5.41, 5.74) is 0. The number of benzene rings is 1. The number of halogens is 3. The molecule has 0 unspecified atom stereocenters. The topological polar surface area (TPSA) is 26.3 Å². The van der Waals surface area contributed by atoms with Crippen molar-refractivity contribution in [3.8, 4) is 5.75 Å². The van der Waals surface area contributed by atoms with Crippen LogP contribution in [0.1, 0.15) is 96.8 Å². The smallest absolute Gasteiger partial charge is 0.314 e. The predicted molar refractivity (Wildman–Crippen MR) is 128 cm³/mol. The van der Waals surface area contributed by atoms with Gasteiger partial charge in [-0.1, -0.05) is 70.1 Å². The van der Waals surface area contributed by atoms with Gasteiger partial charge in [0.15, 0.2) is 0 Å². The molecule has 2 aliphatic carbocycles. The molecule has 0 aromatic heterocycles. The Morgan fingerprint density at radius 1 is 0.970 bits per heavy atom. The summed E-state index contributed by atoms with van der Waals surface area (Å²) in [6.07, 6.45) is 17.4. The van der Waals surface area contributed by atoms with Crippen molar-refractivity contribution in [3.63, 3.8) is 0 Å². The molecule has 33 heavy (non-hydrogen) atoms. The van der Waals surface area contributed by atoms with Crippen LogP contribution < -0.4 is 4.74 Å². The Morgan fingerprint density at radius 2 is 1.61 bits per heavy atom. The third-order valence-electron chi connectivity index (χ3n) is 7.72. The fourth-order valence-corrected chi connectivity index (χ4v) is 6.26. The molecule has 3 rings (SSSR count). The van der Waals surface area contributed by atoms with E-state index in [1.807, 2.05) is 0 Å². The summed E-state index contributed by atoms with van der Waals surface area (Å²) < 4.78 is 44.2. The highest BCUT2D eigenvalue weighted by atomic mass is 32.2. The molecular weight excluding hydrogens is 445 g/mol. The van der Waals surface area contributed by atoms with Gasteiger partial charge in [-0.2, -0.15) is 8.78 Å². The van der Waals surface area contributed by atoms with Crippen LogP contribution in [-0.2, 0) is 4.79 Å². The Hall–Kier alpha value is -1.17. The average Bonchev–Trinajstić information content (AvgIpc) is 2.81. The largest absolute Gasteiger partial charge is 0.426 e. The van der Waals surface area contributed by atoms with Gasteiger partial charge in [0.2, 0.25) is 0 Å². The van der Waals surface area contributed by atoms with Crippen molar-refractivity contribution in [2.24, 2.45) is 23.7 Å². The second-order valence-electron chi connectivity index (χ2n) is 9.99. The van der Waals surface area contributed by atoms with Crippen molar-refractivity contribution in [2.45, 2.75) is 107 Å². The number of rotatable bonds is 11. The van der Waals surface area contributed by atoms with E-state index in [4.69, 9.17) is 4.74 Å². The Bertz CT molecular complexity index is 726. The van der Waals surface area contributed by atoms with E-state index >= 15 is 0 Å². The molecule has 1 aromatic rings. The lowest BCUT2D eigenvalue weighted by atomic mass is 9.68. The van der Waals surface area contributed by atoms with Gasteiger partial charge in [-0.3, -0.25) is 4.79 Å². The summed E-state index contributed by atoms with van der Waals surface area (Å²) in [4.78, 5) is 12.4. The molecule has 0 radical (unpaired) electrons. The van der Waals surface area contributed by atoms with Crippen molar-refractivity contribution in [1.29, 1.82) is 0 Å². The number of carbonyl (C=O) groups excluding carboxylic acids is 1. The molecule has 0 aliphatic heterocycles. The van der Waals surface area contributed by atoms with Crippen LogP contribution in [0.15, 0.2) is 23.1 Å². The predicted octanol–water partition coefficient (Wildman–Crippen LogP) is 9.02. The SMILES string of the molecule is CCCCCCCC1CCC(C2CCC(C(=O)Oc3ccc(SC(F)F)c(F)c3)CC2)CC1. The quantitative estimate of drug-likeness (QED) is 0.136. The zero-order chi connectivity index (χ0) is 23.6. The first-order valence-corrected chi connectivity index (χ1v) is 13.8. The lowest BCUT2D eigenvalue weighted by Crippen LogP contribution is -2.30. The number of thioether (sulfide) groups is 1. The van der Waals surface area contributed by atoms with Crippen LogP contribution in [-0.4, -0.2) is 11.7 Å². The van der Waals surface area contributed by atoms with E-state index in [0.717, 1.165) is 43.6 Å². The first-order chi connectivity index (χ1) is 16.0. The summed E-state index contributed by atoms with van der Waals surface area (Å²) in [5, 5.41) is 0. The number of esters is 1. The van der Waals surface area contributed by atoms with Gasteiger partial charge in [0, 0.05) is 11.0 Å². The van der Waals surface area contributed by atoms with Gasteiger partial charge >= 0.3 is 5.97 Å². The zero-order valence-corrected chi connectivity index (χ0v) is 20.7. The average molecular weight is 485 g/mol. The number of ether oxygens (including phenoxy) is 1. The van der Waals surface area contributed by atoms with Gasteiger partial charge in [0.1, 0.15) is 11.6 Å². The van der Waals surface area contributed by atoms with Crippen LogP contribution >= 0.6 is 11.8 Å². The van der Waals surface area contributed by atoms with Gasteiger partial charge in [0.25, 0.3) is 5.76 Å². The van der Waals surface area contributed by atoms with Gasteiger partial charge in [-0.25, -0.2) is 4.39 Å². The maximum atomic E-state index is 14.0. The monoisotopic (exact) mass is 484 g/mol. The van der Waals surface area contributed by atoms with Crippen molar-refractivity contribution in [2.75, 3.05) is 0 Å². The highest BCUT2D eigenvalue weighted by molar-refractivity contribution is 7.99. The van der Waals surface area contributed by atoms with Crippen molar-refractivity contribution in [1.82, 2.24) is 0 Å². The third-order valence-corrected chi connectivity index (χ3v) is 8.48. The van der Waals surface area contributed by atoms with Crippen LogP contribution in [0.4, 0.5) is 13.2 Å². The zero-order valence-electron chi connectivity index (χ0n) is 19.9. The van der Waals surface area contributed by atoms with E-state index in [1.54, 1.807) is 0 Å². The number of carbonyl (C=O) groups is 1. The fourth-order valence-electron chi connectivity index (χ4n) is 5.75. The Labute approximate surface area is 201 Å². The molecule has 6 heteroatoms. The van der Waals surface area contributed by atoms with Crippen molar-refractivity contribution < 1.29 is 22.7 Å². The summed E-state index contributed by atoms with van der Waals surface area (Å²) >= 11 is 0.152. The molecule has 0 spiro atoms. The van der Waals surface area contributed by atoms with E-state index < -0.39 is 11.6 Å². The van der Waals surface area contributed by atoms with Crippen LogP contribution in [0.5, 0.6) is 5.75 Å². The maximum absolute atomic E-state index is 14.0. The molecule has 2 fully saturated rings. The number of hydrogen-bond acceptors (Lipinski definition) is 3. The van der Waals surface area contributed by atoms with Gasteiger partial charge < -0.3 is 4.74 Å². The molecule has 0 N–H and O–H groups in total. The van der Waals surface area contributed by atoms with Crippen LogP contribution in [0.3, 0.4) is 0 Å². The number of hydrogen-bond donors (Lipinski definition) is 0. The van der Waals surface area contributed by atoms with Gasteiger partial charge in [0.05, 0.1) is 5.92 Å². The molecule has 0 atom stereocenters. The molecule has 0 bridgehead atoms. The van der Waals surface area contributed by atoms with E-state index in [-0.39, 0.29) is 34.3 Å². The molecule has 0 heterocycles. The molecule has 2 nitrogen and oxygen atoms in total. The Balaban J connectivity index is 1.36. The number of unbranched alkanes of at least 4 members (excludes halogenated alkanes) is 4. The standard InChI is InChI=1S/C27H39F3O2S/c1-2-3-4-5-6-7-19-8-10-20(11-9-19)21-12-14-22(15-13-21)26(31)32-23-16-17-25(24(28)18-23)33-27(29)30/h16-22,27H,2-15H2,1H3. The van der Waals surface area contributed by atoms with E-state index in [1.165, 1.54) is 76.3 Å². The second-order valence-corrected chi connectivity index (χ2v) is 11.0. The number of alkyl halides is 2. The maximum Gasteiger partial charge on any atom is 0.314 e. The molecule has 186 valence electrons. The van der Waals surface area contributed by atoms with Crippen molar-refractivity contribution in [3.05, 3.63) is 24.0 Å². The van der Waals surface area contributed by atoms with Crippen LogP contribution in [0.2, 0.25) is 0 Å². The fraction of sp³-hybridized carbons (Fsp3) is 0.741. The van der Waals surface area contributed by atoms with E-state index in [0.29, 0.717) is 5.92 Å². The summed E-state index contributed by atoms with van der Waals surface area (Å²) in [6.45, 7) is 2.26. The van der Waals surface area contributed by atoms with Crippen molar-refractivity contribution >= 4 is 17.7 Å². The highest BCUT2D eigenvalue weighted by Crippen LogP contribution is 2.42. The highest BCUT2D eigenvalue weighted by Gasteiger charge is 2.33. The first kappa shape index (κ1) is 26.4. The van der Waals surface area contributed by atoms with E-state index in [9.17, 15) is 18.0 Å². The molecule has 0 saturated heterocycles. The van der Waals surface area contributed by atoms with Crippen LogP contribution in [0.25, 0.3) is 0 Å². The minimum atomic E-state index is -2.69. The molecule has 2 aliphatic rings. The lowest BCUT2D eigenvalue weighted by Gasteiger charge is -2.37. The first-order valence-electron chi connectivity index (χ1n) is 12.9. The minimum absolute atomic E-state index is 0.0891. The summed E-state index contributed by atoms with van der Waals surface area (Å²) in [5.74, 6) is -1.44. The summed E-state index contributed by atoms with van der Waals surface area (Å²) in [7, 11) is 0. The minimum Gasteiger partial charge on any atom is -0.426 e. The molecule has 1 aromatic carbocycles. The Morgan fingerprint density at radius 3 is 2.21 bits per heavy atom. The molecular formula is C27H39F3O2S. The molecule has 0 amide bonds. The second kappa shape index (κ2) is 13.7. The lowest BCUT2D eigenvalue weighted by molar-refractivity contribution is -0.140. The molecule has 2 saturated carbocycles. The normalized spacial score (nSPS) is 25.8. The summed E-state index contributed by atoms with van der Waals surface area (Å²) in [6, 6.07) is 3.66. The third kappa shape index (κ3) is 8.52.